The lowest BCUT2D eigenvalue weighted by molar-refractivity contribution is -0.116. The maximum atomic E-state index is 11.8. The van der Waals surface area contributed by atoms with Crippen molar-refractivity contribution in [3.8, 4) is 5.75 Å². The van der Waals surface area contributed by atoms with Gasteiger partial charge >= 0.3 is 0 Å². The summed E-state index contributed by atoms with van der Waals surface area (Å²) in [5.74, 6) is 0.758. The molecule has 0 saturated carbocycles. The summed E-state index contributed by atoms with van der Waals surface area (Å²) in [6.07, 6.45) is 1.06. The first kappa shape index (κ1) is 14.4. The molecular weight excluding hydrogens is 274 g/mol. The van der Waals surface area contributed by atoms with Gasteiger partial charge in [-0.1, -0.05) is 41.9 Å². The molecule has 104 valence electrons. The molecule has 2 aromatic carbocycles. The topological polar surface area (TPSA) is 38.3 Å². The zero-order chi connectivity index (χ0) is 14.2. The fourth-order valence-corrected chi connectivity index (χ4v) is 1.90. The van der Waals surface area contributed by atoms with E-state index in [-0.39, 0.29) is 5.91 Å². The van der Waals surface area contributed by atoms with Gasteiger partial charge < -0.3 is 10.1 Å². The van der Waals surface area contributed by atoms with Crippen molar-refractivity contribution >= 4 is 23.2 Å². The minimum atomic E-state index is -0.0604. The number of carbonyl (C=O) groups is 1. The highest BCUT2D eigenvalue weighted by Gasteiger charge is 2.05. The first-order valence-electron chi connectivity index (χ1n) is 6.48. The third-order valence-corrected chi connectivity index (χ3v) is 3.04. The van der Waals surface area contributed by atoms with Gasteiger partial charge in [0.25, 0.3) is 0 Å². The lowest BCUT2D eigenvalue weighted by atomic mass is 10.2. The minimum Gasteiger partial charge on any atom is -0.494 e. The van der Waals surface area contributed by atoms with Crippen LogP contribution in [0.3, 0.4) is 0 Å². The Balaban J connectivity index is 1.69. The number of nitrogens with one attached hydrogen (secondary N) is 1. The minimum absolute atomic E-state index is 0.0604. The molecule has 0 fully saturated rings. The van der Waals surface area contributed by atoms with Gasteiger partial charge in [-0.15, -0.1) is 0 Å². The third kappa shape index (κ3) is 4.59. The summed E-state index contributed by atoms with van der Waals surface area (Å²) >= 11 is 5.97. The Morgan fingerprint density at radius 1 is 1.05 bits per heavy atom. The quantitative estimate of drug-likeness (QED) is 0.812. The van der Waals surface area contributed by atoms with Gasteiger partial charge in [-0.05, 0) is 30.7 Å². The lowest BCUT2D eigenvalue weighted by Gasteiger charge is -2.08. The van der Waals surface area contributed by atoms with E-state index in [4.69, 9.17) is 16.3 Å². The van der Waals surface area contributed by atoms with Gasteiger partial charge in [0.1, 0.15) is 5.75 Å². The molecule has 0 atom stereocenters. The van der Waals surface area contributed by atoms with E-state index in [0.29, 0.717) is 30.2 Å². The van der Waals surface area contributed by atoms with Crippen LogP contribution < -0.4 is 10.1 Å². The molecule has 1 N–H and O–H groups in total. The van der Waals surface area contributed by atoms with Crippen molar-refractivity contribution in [3.05, 3.63) is 59.6 Å². The number of para-hydroxylation sites is 2. The zero-order valence-electron chi connectivity index (χ0n) is 11.0. The summed E-state index contributed by atoms with van der Waals surface area (Å²) in [6.45, 7) is 0.514. The summed E-state index contributed by atoms with van der Waals surface area (Å²) < 4.78 is 5.52. The van der Waals surface area contributed by atoms with Gasteiger partial charge in [0.05, 0.1) is 17.3 Å². The summed E-state index contributed by atoms with van der Waals surface area (Å²) in [6, 6.07) is 16.7. The van der Waals surface area contributed by atoms with Crippen LogP contribution in [-0.2, 0) is 4.79 Å². The Bertz CT molecular complexity index is 557. The van der Waals surface area contributed by atoms with E-state index in [1.54, 1.807) is 12.1 Å². The van der Waals surface area contributed by atoms with E-state index < -0.39 is 0 Å². The first-order chi connectivity index (χ1) is 9.75. The Hall–Kier alpha value is -2.00. The standard InChI is InChI=1S/C16H16ClNO2/c17-14-9-4-5-10-15(14)18-16(19)11-6-12-20-13-7-2-1-3-8-13/h1-5,7-10H,6,11-12H2,(H,18,19). The van der Waals surface area contributed by atoms with Crippen molar-refractivity contribution in [1.29, 1.82) is 0 Å². The van der Waals surface area contributed by atoms with E-state index in [0.717, 1.165) is 5.75 Å². The van der Waals surface area contributed by atoms with Crippen molar-refractivity contribution in [2.45, 2.75) is 12.8 Å². The van der Waals surface area contributed by atoms with Gasteiger partial charge in [-0.25, -0.2) is 0 Å². The maximum absolute atomic E-state index is 11.8. The van der Waals surface area contributed by atoms with Crippen LogP contribution >= 0.6 is 11.6 Å². The molecule has 0 aromatic heterocycles. The largest absolute Gasteiger partial charge is 0.494 e. The summed E-state index contributed by atoms with van der Waals surface area (Å²) in [5, 5.41) is 3.33. The molecule has 0 saturated heterocycles. The maximum Gasteiger partial charge on any atom is 0.224 e. The van der Waals surface area contributed by atoms with Gasteiger partial charge in [0.2, 0.25) is 5.91 Å². The van der Waals surface area contributed by atoms with Gasteiger partial charge in [-0.2, -0.15) is 0 Å². The van der Waals surface area contributed by atoms with Gasteiger partial charge in [-0.3, -0.25) is 4.79 Å². The second-order valence-corrected chi connectivity index (χ2v) is 4.70. The van der Waals surface area contributed by atoms with Gasteiger partial charge in [0.15, 0.2) is 0 Å². The number of anilines is 1. The highest BCUT2D eigenvalue weighted by molar-refractivity contribution is 6.33. The number of hydrogen-bond acceptors (Lipinski definition) is 2. The highest BCUT2D eigenvalue weighted by atomic mass is 35.5. The second kappa shape index (κ2) is 7.56. The van der Waals surface area contributed by atoms with Crippen LogP contribution in [0.4, 0.5) is 5.69 Å². The number of amides is 1. The van der Waals surface area contributed by atoms with Crippen LogP contribution in [0, 0.1) is 0 Å². The molecule has 2 rings (SSSR count). The SMILES string of the molecule is O=C(CCCOc1ccccc1)Nc1ccccc1Cl. The van der Waals surface area contributed by atoms with Crippen molar-refractivity contribution < 1.29 is 9.53 Å². The molecule has 2 aromatic rings. The Morgan fingerprint density at radius 2 is 1.75 bits per heavy atom. The van der Waals surface area contributed by atoms with Crippen LogP contribution in [0.15, 0.2) is 54.6 Å². The zero-order valence-corrected chi connectivity index (χ0v) is 11.8. The number of carbonyl (C=O) groups excluding carboxylic acids is 1. The van der Waals surface area contributed by atoms with E-state index in [9.17, 15) is 4.79 Å². The van der Waals surface area contributed by atoms with Crippen LogP contribution in [0.1, 0.15) is 12.8 Å². The molecule has 4 heteroatoms. The molecule has 0 radical (unpaired) electrons. The third-order valence-electron chi connectivity index (χ3n) is 2.71. The number of rotatable bonds is 6. The number of ether oxygens (including phenoxy) is 1. The smallest absolute Gasteiger partial charge is 0.224 e. The average molecular weight is 290 g/mol. The predicted molar refractivity (Wildman–Crippen MR) is 81.3 cm³/mol. The normalized spacial score (nSPS) is 10.1. The van der Waals surface area contributed by atoms with Gasteiger partial charge in [0, 0.05) is 6.42 Å². The highest BCUT2D eigenvalue weighted by Crippen LogP contribution is 2.20. The Labute approximate surface area is 123 Å². The monoisotopic (exact) mass is 289 g/mol. The predicted octanol–water partition coefficient (Wildman–Crippen LogP) is 4.14. The molecular formula is C16H16ClNO2. The lowest BCUT2D eigenvalue weighted by Crippen LogP contribution is -2.13. The first-order valence-corrected chi connectivity index (χ1v) is 6.86. The van der Waals surface area contributed by atoms with Crippen molar-refractivity contribution in [1.82, 2.24) is 0 Å². The Kier molecular flexibility index (Phi) is 5.44. The molecule has 0 spiro atoms. The summed E-state index contributed by atoms with van der Waals surface area (Å²) in [5.41, 5.74) is 0.642. The number of halogens is 1. The van der Waals surface area contributed by atoms with Crippen LogP contribution in [0.25, 0.3) is 0 Å². The molecule has 20 heavy (non-hydrogen) atoms. The molecule has 0 aliphatic carbocycles. The Morgan fingerprint density at radius 3 is 2.50 bits per heavy atom. The van der Waals surface area contributed by atoms with Crippen molar-refractivity contribution in [3.63, 3.8) is 0 Å². The van der Waals surface area contributed by atoms with E-state index in [2.05, 4.69) is 5.32 Å². The summed E-state index contributed by atoms with van der Waals surface area (Å²) in [7, 11) is 0. The van der Waals surface area contributed by atoms with Crippen molar-refractivity contribution in [2.24, 2.45) is 0 Å². The summed E-state index contributed by atoms with van der Waals surface area (Å²) in [4.78, 5) is 11.8. The van der Waals surface area contributed by atoms with Crippen LogP contribution in [0.5, 0.6) is 5.75 Å². The fourth-order valence-electron chi connectivity index (χ4n) is 1.71. The molecule has 0 unspecified atom stereocenters. The van der Waals surface area contributed by atoms with Crippen LogP contribution in [0.2, 0.25) is 5.02 Å². The molecule has 0 heterocycles. The van der Waals surface area contributed by atoms with Crippen molar-refractivity contribution in [2.75, 3.05) is 11.9 Å². The second-order valence-electron chi connectivity index (χ2n) is 4.29. The van der Waals surface area contributed by atoms with Crippen LogP contribution in [-0.4, -0.2) is 12.5 Å². The van der Waals surface area contributed by atoms with E-state index in [1.807, 2.05) is 42.5 Å². The molecule has 1 amide bonds. The number of benzene rings is 2. The molecule has 0 bridgehead atoms. The average Bonchev–Trinajstić information content (AvgIpc) is 2.47. The molecule has 0 aliphatic heterocycles. The molecule has 0 aliphatic rings. The number of hydrogen-bond donors (Lipinski definition) is 1. The van der Waals surface area contributed by atoms with E-state index >= 15 is 0 Å². The van der Waals surface area contributed by atoms with E-state index in [1.165, 1.54) is 0 Å². The fraction of sp³-hybridized carbons (Fsp3) is 0.188. The molecule has 3 nitrogen and oxygen atoms in total.